The summed E-state index contributed by atoms with van der Waals surface area (Å²) >= 11 is 0. The van der Waals surface area contributed by atoms with Gasteiger partial charge in [-0.15, -0.1) is 0 Å². The summed E-state index contributed by atoms with van der Waals surface area (Å²) in [4.78, 5) is 37.5. The van der Waals surface area contributed by atoms with Gasteiger partial charge in [-0.25, -0.2) is 9.59 Å². The highest BCUT2D eigenvalue weighted by Gasteiger charge is 2.08. The Balaban J connectivity index is 0.000000190. The average Bonchev–Trinajstić information content (AvgIpc) is 2.62. The van der Waals surface area contributed by atoms with E-state index in [0.29, 0.717) is 22.4 Å². The van der Waals surface area contributed by atoms with Crippen molar-refractivity contribution in [1.29, 1.82) is 0 Å². The molecule has 3 aromatic rings. The summed E-state index contributed by atoms with van der Waals surface area (Å²) in [5.74, 6) is 0.0167. The van der Waals surface area contributed by atoms with Gasteiger partial charge in [0, 0.05) is 5.69 Å². The summed E-state index contributed by atoms with van der Waals surface area (Å²) < 4.78 is 9.80. The van der Waals surface area contributed by atoms with Gasteiger partial charge >= 0.3 is 11.7 Å². The summed E-state index contributed by atoms with van der Waals surface area (Å²) in [5.41, 5.74) is 5.29. The van der Waals surface area contributed by atoms with Crippen molar-refractivity contribution in [1.82, 2.24) is 9.97 Å². The van der Waals surface area contributed by atoms with Gasteiger partial charge in [0.25, 0.3) is 5.56 Å². The van der Waals surface area contributed by atoms with Gasteiger partial charge in [-0.2, -0.15) is 0 Å². The van der Waals surface area contributed by atoms with Gasteiger partial charge in [-0.05, 0) is 36.4 Å². The molecule has 0 bridgehead atoms. The zero-order chi connectivity index (χ0) is 19.3. The molecule has 3 rings (SSSR count). The fourth-order valence-electron chi connectivity index (χ4n) is 2.12. The minimum atomic E-state index is -1.05. The van der Waals surface area contributed by atoms with Gasteiger partial charge in [0.15, 0.2) is 0 Å². The molecule has 1 heterocycles. The number of nitrogens with two attached hydrogens (primary N) is 1. The number of carboxylic acids is 1. The monoisotopic (exact) mass is 359 g/mol. The lowest BCUT2D eigenvalue weighted by Gasteiger charge is -2.03. The number of carboxylic acid groups (broad SMARTS) is 1. The summed E-state index contributed by atoms with van der Waals surface area (Å²) in [6.45, 7) is 0. The van der Waals surface area contributed by atoms with Crippen molar-refractivity contribution in [3.8, 4) is 11.5 Å². The number of ether oxygens (including phenoxy) is 2. The van der Waals surface area contributed by atoms with Crippen molar-refractivity contribution in [3.05, 3.63) is 62.8 Å². The van der Waals surface area contributed by atoms with Crippen LogP contribution < -0.4 is 26.5 Å². The number of aromatic carboxylic acids is 1. The Hall–Kier alpha value is -3.75. The molecule has 0 atom stereocenters. The Bertz CT molecular complexity index is 1050. The van der Waals surface area contributed by atoms with E-state index < -0.39 is 17.2 Å². The normalized spacial score (nSPS) is 9.92. The number of hydrogen-bond donors (Lipinski definition) is 4. The zero-order valence-electron chi connectivity index (χ0n) is 14.0. The Kier molecular flexibility index (Phi) is 5.63. The van der Waals surface area contributed by atoms with Crippen LogP contribution in [0.3, 0.4) is 0 Å². The molecule has 0 spiro atoms. The second kappa shape index (κ2) is 7.88. The number of aromatic amines is 2. The van der Waals surface area contributed by atoms with E-state index in [-0.39, 0.29) is 11.3 Å². The van der Waals surface area contributed by atoms with Crippen LogP contribution in [0.25, 0.3) is 10.9 Å². The van der Waals surface area contributed by atoms with E-state index in [1.54, 1.807) is 24.3 Å². The van der Waals surface area contributed by atoms with E-state index in [2.05, 4.69) is 9.97 Å². The molecule has 0 aliphatic rings. The number of H-pyrrole nitrogens is 2. The molecule has 0 saturated carbocycles. The van der Waals surface area contributed by atoms with Crippen molar-refractivity contribution >= 4 is 22.6 Å². The van der Waals surface area contributed by atoms with E-state index in [1.807, 2.05) is 0 Å². The molecule has 0 fully saturated rings. The molecular weight excluding hydrogens is 342 g/mol. The second-order valence-electron chi connectivity index (χ2n) is 5.08. The molecule has 0 unspecified atom stereocenters. The topological polar surface area (TPSA) is 147 Å². The van der Waals surface area contributed by atoms with E-state index in [0.717, 1.165) is 0 Å². The molecule has 0 radical (unpaired) electrons. The second-order valence-corrected chi connectivity index (χ2v) is 5.08. The average molecular weight is 359 g/mol. The van der Waals surface area contributed by atoms with Gasteiger partial charge in [-0.1, -0.05) is 0 Å². The number of rotatable bonds is 3. The molecule has 5 N–H and O–H groups in total. The number of benzene rings is 2. The highest BCUT2D eigenvalue weighted by atomic mass is 16.5. The third-order valence-corrected chi connectivity index (χ3v) is 3.44. The number of methoxy groups -OCH3 is 2. The molecule has 1 aromatic heterocycles. The van der Waals surface area contributed by atoms with Crippen LogP contribution in [-0.2, 0) is 0 Å². The van der Waals surface area contributed by atoms with Crippen LogP contribution in [0.4, 0.5) is 5.69 Å². The number of anilines is 1. The molecule has 0 amide bonds. The lowest BCUT2D eigenvalue weighted by Crippen LogP contribution is -2.21. The minimum Gasteiger partial charge on any atom is -0.497 e. The van der Waals surface area contributed by atoms with E-state index in [1.165, 1.54) is 26.4 Å². The first-order valence-corrected chi connectivity index (χ1v) is 7.33. The number of hydrogen-bond acceptors (Lipinski definition) is 6. The Morgan fingerprint density at radius 1 is 1.00 bits per heavy atom. The molecule has 2 aromatic carbocycles. The van der Waals surface area contributed by atoms with Crippen molar-refractivity contribution in [2.45, 2.75) is 0 Å². The number of fused-ring (bicyclic) bond motifs is 1. The van der Waals surface area contributed by atoms with E-state index >= 15 is 0 Å². The highest BCUT2D eigenvalue weighted by Crippen LogP contribution is 2.19. The van der Waals surface area contributed by atoms with Crippen LogP contribution in [0.1, 0.15) is 10.4 Å². The van der Waals surface area contributed by atoms with Crippen LogP contribution >= 0.6 is 0 Å². The molecular formula is C17H17N3O6. The lowest BCUT2D eigenvalue weighted by molar-refractivity contribution is 0.0697. The van der Waals surface area contributed by atoms with Gasteiger partial charge in [0.05, 0.1) is 30.7 Å². The standard InChI is InChI=1S/C9H8N2O3.C8H9NO3/c1-14-5-2-3-7-6(4-5)8(12)11-9(13)10-7;1-12-5-2-3-7(9)6(4-5)8(10)11/h2-4H,1H3,(H2,10,11,12,13);2-4H,9H2,1H3,(H,10,11). The van der Waals surface area contributed by atoms with Crippen molar-refractivity contribution in [2.75, 3.05) is 20.0 Å². The molecule has 9 nitrogen and oxygen atoms in total. The van der Waals surface area contributed by atoms with Crippen LogP contribution in [0.2, 0.25) is 0 Å². The third kappa shape index (κ3) is 4.20. The van der Waals surface area contributed by atoms with Crippen LogP contribution in [0, 0.1) is 0 Å². The fourth-order valence-corrected chi connectivity index (χ4v) is 2.12. The molecule has 9 heteroatoms. The maximum Gasteiger partial charge on any atom is 0.337 e. The first-order valence-electron chi connectivity index (χ1n) is 7.33. The summed E-state index contributed by atoms with van der Waals surface area (Å²) in [6, 6.07) is 9.38. The number of nitrogens with one attached hydrogen (secondary N) is 2. The molecule has 26 heavy (non-hydrogen) atoms. The SMILES string of the molecule is COc1ccc(N)c(C(=O)O)c1.COc1ccc2[nH]c(=O)[nH]c(=O)c2c1. The maximum atomic E-state index is 11.3. The highest BCUT2D eigenvalue weighted by molar-refractivity contribution is 5.94. The molecule has 0 saturated heterocycles. The third-order valence-electron chi connectivity index (χ3n) is 3.44. The largest absolute Gasteiger partial charge is 0.497 e. The van der Waals surface area contributed by atoms with Gasteiger partial charge in [0.2, 0.25) is 0 Å². The zero-order valence-corrected chi connectivity index (χ0v) is 14.0. The Labute approximate surface area is 147 Å². The Morgan fingerprint density at radius 3 is 2.23 bits per heavy atom. The first kappa shape index (κ1) is 18.6. The fraction of sp³-hybridized carbons (Fsp3) is 0.118. The Morgan fingerprint density at radius 2 is 1.62 bits per heavy atom. The molecule has 0 aliphatic heterocycles. The summed E-state index contributed by atoms with van der Waals surface area (Å²) in [7, 11) is 2.98. The minimum absolute atomic E-state index is 0.0642. The predicted octanol–water partition coefficient (Wildman–Crippen LogP) is 1.20. The number of nitrogen functional groups attached to an aromatic ring is 1. The number of aromatic nitrogens is 2. The van der Waals surface area contributed by atoms with Crippen molar-refractivity contribution in [2.24, 2.45) is 0 Å². The van der Waals surface area contributed by atoms with Crippen LogP contribution in [0.5, 0.6) is 11.5 Å². The van der Waals surface area contributed by atoms with Crippen LogP contribution in [0.15, 0.2) is 46.0 Å². The summed E-state index contributed by atoms with van der Waals surface area (Å²) in [6.07, 6.45) is 0. The van der Waals surface area contributed by atoms with Gasteiger partial charge in [0.1, 0.15) is 11.5 Å². The van der Waals surface area contributed by atoms with Gasteiger partial charge in [-0.3, -0.25) is 9.78 Å². The van der Waals surface area contributed by atoms with Gasteiger partial charge < -0.3 is 25.3 Å². The van der Waals surface area contributed by atoms with E-state index in [9.17, 15) is 14.4 Å². The quantitative estimate of drug-likeness (QED) is 0.514. The smallest absolute Gasteiger partial charge is 0.337 e. The van der Waals surface area contributed by atoms with Crippen LogP contribution in [-0.4, -0.2) is 35.3 Å². The lowest BCUT2D eigenvalue weighted by atomic mass is 10.2. The van der Waals surface area contributed by atoms with E-state index in [4.69, 9.17) is 20.3 Å². The molecule has 136 valence electrons. The predicted molar refractivity (Wildman–Crippen MR) is 96.1 cm³/mol. The summed E-state index contributed by atoms with van der Waals surface area (Å²) in [5, 5.41) is 9.06. The number of carbonyl (C=O) groups is 1. The van der Waals surface area contributed by atoms with Crippen molar-refractivity contribution < 1.29 is 19.4 Å². The first-order chi connectivity index (χ1) is 12.3. The van der Waals surface area contributed by atoms with Crippen molar-refractivity contribution in [3.63, 3.8) is 0 Å². The molecule has 0 aliphatic carbocycles. The maximum absolute atomic E-state index is 11.3.